The molecule has 8 aromatic carbocycles. The highest BCUT2D eigenvalue weighted by Gasteiger charge is 2.37. The molecule has 0 atom stereocenters. The van der Waals surface area contributed by atoms with Crippen LogP contribution in [0.25, 0.3) is 88.8 Å². The molecule has 1 aliphatic rings. The smallest absolute Gasteiger partial charge is 0.160 e. The number of hydrogen-bond acceptors (Lipinski definition) is 2. The second-order valence-corrected chi connectivity index (χ2v) is 14.6. The molecule has 0 unspecified atom stereocenters. The van der Waals surface area contributed by atoms with Crippen LogP contribution in [0, 0.1) is 0 Å². The van der Waals surface area contributed by atoms with E-state index in [0.717, 1.165) is 28.1 Å². The minimum absolute atomic E-state index is 0.106. The molecule has 0 bridgehead atoms. The Bertz CT molecular complexity index is 2830. The molecular formula is C51H36N2. The second-order valence-electron chi connectivity index (χ2n) is 14.6. The lowest BCUT2D eigenvalue weighted by atomic mass is 9.81. The van der Waals surface area contributed by atoms with E-state index in [2.05, 4.69) is 178 Å². The topological polar surface area (TPSA) is 25.8 Å². The molecular weight excluding hydrogens is 641 g/mol. The number of fused-ring (bicyclic) bond motifs is 5. The van der Waals surface area contributed by atoms with Gasteiger partial charge in [-0.2, -0.15) is 0 Å². The number of benzene rings is 8. The van der Waals surface area contributed by atoms with Gasteiger partial charge in [0.05, 0.1) is 11.4 Å². The molecule has 1 aliphatic carbocycles. The van der Waals surface area contributed by atoms with Gasteiger partial charge in [0.25, 0.3) is 0 Å². The van der Waals surface area contributed by atoms with Crippen LogP contribution < -0.4 is 0 Å². The van der Waals surface area contributed by atoms with Gasteiger partial charge in [0.15, 0.2) is 5.82 Å². The zero-order valence-electron chi connectivity index (χ0n) is 29.7. The van der Waals surface area contributed by atoms with Gasteiger partial charge in [0.1, 0.15) is 0 Å². The van der Waals surface area contributed by atoms with Crippen LogP contribution in [-0.2, 0) is 5.41 Å². The summed E-state index contributed by atoms with van der Waals surface area (Å²) in [4.78, 5) is 10.4. The van der Waals surface area contributed by atoms with Crippen molar-refractivity contribution in [3.63, 3.8) is 0 Å². The average Bonchev–Trinajstić information content (AvgIpc) is 3.45. The Kier molecular flexibility index (Phi) is 7.19. The lowest BCUT2D eigenvalue weighted by Crippen LogP contribution is -2.14. The predicted octanol–water partition coefficient (Wildman–Crippen LogP) is 13.4. The summed E-state index contributed by atoms with van der Waals surface area (Å²) in [6, 6.07) is 65.4. The van der Waals surface area contributed by atoms with Crippen LogP contribution in [0.15, 0.2) is 182 Å². The predicted molar refractivity (Wildman–Crippen MR) is 222 cm³/mol. The van der Waals surface area contributed by atoms with Crippen LogP contribution in [0.4, 0.5) is 0 Å². The Morgan fingerprint density at radius 3 is 1.66 bits per heavy atom. The van der Waals surface area contributed by atoms with E-state index < -0.39 is 0 Å². The minimum Gasteiger partial charge on any atom is -0.228 e. The van der Waals surface area contributed by atoms with Gasteiger partial charge >= 0.3 is 0 Å². The van der Waals surface area contributed by atoms with E-state index in [4.69, 9.17) is 9.97 Å². The quantitative estimate of drug-likeness (QED) is 0.181. The third-order valence-electron chi connectivity index (χ3n) is 11.1. The minimum atomic E-state index is -0.106. The Labute approximate surface area is 310 Å². The molecule has 10 rings (SSSR count). The highest BCUT2D eigenvalue weighted by atomic mass is 14.9. The van der Waals surface area contributed by atoms with Gasteiger partial charge in [-0.15, -0.1) is 0 Å². The highest BCUT2D eigenvalue weighted by Crippen LogP contribution is 2.54. The van der Waals surface area contributed by atoms with Crippen LogP contribution in [0.1, 0.15) is 25.0 Å². The third kappa shape index (κ3) is 5.18. The summed E-state index contributed by atoms with van der Waals surface area (Å²) in [5.41, 5.74) is 15.1. The molecule has 0 amide bonds. The van der Waals surface area contributed by atoms with Gasteiger partial charge in [-0.1, -0.05) is 178 Å². The summed E-state index contributed by atoms with van der Waals surface area (Å²) < 4.78 is 0. The standard InChI is InChI=1S/C51H36N2/c1-51(2)45-23-13-22-43(49(45)44-30-37-18-9-10-19-38(37)31-46(44)51)41-28-29-42(40-21-12-11-20-39(40)41)48-32-47(52-50(53-48)36-16-7-4-8-17-36)35-26-24-34(25-27-35)33-14-5-3-6-15-33/h3-32H,1-2H3. The first-order valence-electron chi connectivity index (χ1n) is 18.3. The molecule has 1 aromatic heterocycles. The van der Waals surface area contributed by atoms with Crippen molar-refractivity contribution >= 4 is 21.5 Å². The number of aromatic nitrogens is 2. The van der Waals surface area contributed by atoms with Crippen molar-refractivity contribution in [2.45, 2.75) is 19.3 Å². The normalized spacial score (nSPS) is 12.9. The van der Waals surface area contributed by atoms with Crippen LogP contribution >= 0.6 is 0 Å². The molecule has 0 fully saturated rings. The SMILES string of the molecule is CC1(C)c2cc3ccccc3cc2-c2c(-c3ccc(-c4cc(-c5ccc(-c6ccccc6)cc5)nc(-c5ccccc5)n4)c4ccccc34)cccc21. The number of hydrogen-bond donors (Lipinski definition) is 0. The van der Waals surface area contributed by atoms with Gasteiger partial charge in [-0.3, -0.25) is 0 Å². The van der Waals surface area contributed by atoms with Crippen molar-refractivity contribution in [2.75, 3.05) is 0 Å². The van der Waals surface area contributed by atoms with E-state index in [9.17, 15) is 0 Å². The van der Waals surface area contributed by atoms with Gasteiger partial charge in [0, 0.05) is 22.1 Å². The van der Waals surface area contributed by atoms with Crippen LogP contribution in [-0.4, -0.2) is 9.97 Å². The first kappa shape index (κ1) is 31.1. The first-order valence-corrected chi connectivity index (χ1v) is 18.3. The lowest BCUT2D eigenvalue weighted by Gasteiger charge is -2.22. The van der Waals surface area contributed by atoms with Gasteiger partial charge < -0.3 is 0 Å². The summed E-state index contributed by atoms with van der Waals surface area (Å²) in [7, 11) is 0. The third-order valence-corrected chi connectivity index (χ3v) is 11.1. The fraction of sp³-hybridized carbons (Fsp3) is 0.0588. The molecule has 2 nitrogen and oxygen atoms in total. The molecule has 0 saturated carbocycles. The fourth-order valence-corrected chi connectivity index (χ4v) is 8.37. The van der Waals surface area contributed by atoms with Crippen molar-refractivity contribution in [3.05, 3.63) is 193 Å². The van der Waals surface area contributed by atoms with Gasteiger partial charge in [0.2, 0.25) is 0 Å². The molecule has 0 N–H and O–H groups in total. The van der Waals surface area contributed by atoms with E-state index in [-0.39, 0.29) is 5.41 Å². The van der Waals surface area contributed by atoms with E-state index in [0.29, 0.717) is 5.82 Å². The monoisotopic (exact) mass is 676 g/mol. The van der Waals surface area contributed by atoms with Crippen LogP contribution in [0.2, 0.25) is 0 Å². The van der Waals surface area contributed by atoms with E-state index in [1.54, 1.807) is 0 Å². The molecule has 0 spiro atoms. The molecule has 0 aliphatic heterocycles. The fourth-order valence-electron chi connectivity index (χ4n) is 8.37. The molecule has 1 heterocycles. The highest BCUT2D eigenvalue weighted by molar-refractivity contribution is 6.08. The van der Waals surface area contributed by atoms with Gasteiger partial charge in [-0.25, -0.2) is 9.97 Å². The first-order chi connectivity index (χ1) is 26.0. The van der Waals surface area contributed by atoms with Crippen molar-refractivity contribution in [3.8, 4) is 67.3 Å². The van der Waals surface area contributed by atoms with Crippen LogP contribution in [0.5, 0.6) is 0 Å². The Morgan fingerprint density at radius 2 is 0.925 bits per heavy atom. The summed E-state index contributed by atoms with van der Waals surface area (Å²) in [5, 5.41) is 4.93. The Morgan fingerprint density at radius 1 is 0.358 bits per heavy atom. The Balaban J connectivity index is 1.15. The number of nitrogens with zero attached hydrogens (tertiary/aromatic N) is 2. The summed E-state index contributed by atoms with van der Waals surface area (Å²) in [6.07, 6.45) is 0. The van der Waals surface area contributed by atoms with E-state index >= 15 is 0 Å². The summed E-state index contributed by atoms with van der Waals surface area (Å²) in [6.45, 7) is 4.73. The molecule has 9 aromatic rings. The zero-order valence-corrected chi connectivity index (χ0v) is 29.7. The maximum absolute atomic E-state index is 5.24. The Hall–Kier alpha value is -6.64. The molecule has 250 valence electrons. The number of rotatable bonds is 5. The zero-order chi connectivity index (χ0) is 35.5. The molecule has 2 heteroatoms. The second kappa shape index (κ2) is 12.3. The van der Waals surface area contributed by atoms with Gasteiger partial charge in [-0.05, 0) is 84.3 Å². The largest absolute Gasteiger partial charge is 0.228 e. The maximum Gasteiger partial charge on any atom is 0.160 e. The molecule has 0 saturated heterocycles. The lowest BCUT2D eigenvalue weighted by molar-refractivity contribution is 0.661. The summed E-state index contributed by atoms with van der Waals surface area (Å²) >= 11 is 0. The molecule has 0 radical (unpaired) electrons. The van der Waals surface area contributed by atoms with E-state index in [1.807, 2.05) is 18.2 Å². The molecule has 53 heavy (non-hydrogen) atoms. The summed E-state index contributed by atoms with van der Waals surface area (Å²) in [5.74, 6) is 0.713. The van der Waals surface area contributed by atoms with Crippen molar-refractivity contribution in [1.82, 2.24) is 9.97 Å². The van der Waals surface area contributed by atoms with Crippen molar-refractivity contribution < 1.29 is 0 Å². The van der Waals surface area contributed by atoms with Crippen molar-refractivity contribution in [2.24, 2.45) is 0 Å². The average molecular weight is 677 g/mol. The maximum atomic E-state index is 5.24. The van der Waals surface area contributed by atoms with Crippen LogP contribution in [0.3, 0.4) is 0 Å². The van der Waals surface area contributed by atoms with E-state index in [1.165, 1.54) is 66.1 Å². The van der Waals surface area contributed by atoms with Crippen molar-refractivity contribution in [1.29, 1.82) is 0 Å².